The van der Waals surface area contributed by atoms with Gasteiger partial charge in [0.05, 0.1) is 5.60 Å². The van der Waals surface area contributed by atoms with Crippen LogP contribution in [0.15, 0.2) is 18.3 Å². The van der Waals surface area contributed by atoms with Crippen molar-refractivity contribution in [1.82, 2.24) is 10.3 Å². The van der Waals surface area contributed by atoms with Crippen LogP contribution in [0.4, 0.5) is 5.82 Å². The van der Waals surface area contributed by atoms with Crippen molar-refractivity contribution >= 4 is 5.82 Å². The van der Waals surface area contributed by atoms with Gasteiger partial charge in [-0.15, -0.1) is 0 Å². The van der Waals surface area contributed by atoms with Gasteiger partial charge in [0.25, 0.3) is 0 Å². The monoisotopic (exact) mass is 277 g/mol. The number of nitrogens with two attached hydrogens (primary N) is 1. The minimum absolute atomic E-state index is 0.0886. The molecule has 4 heteroatoms. The molecule has 4 nitrogen and oxygen atoms in total. The number of likely N-dealkylation sites (N-methyl/N-ethyl adjacent to an activating group) is 1. The van der Waals surface area contributed by atoms with Crippen LogP contribution in [0.1, 0.15) is 38.2 Å². The number of methoxy groups -OCH3 is 1. The van der Waals surface area contributed by atoms with E-state index in [2.05, 4.69) is 23.3 Å². The highest BCUT2D eigenvalue weighted by Gasteiger charge is 2.41. The minimum Gasteiger partial charge on any atom is -0.383 e. The van der Waals surface area contributed by atoms with Gasteiger partial charge in [0, 0.05) is 19.3 Å². The maximum Gasteiger partial charge on any atom is 0.126 e. The molecule has 1 aliphatic carbocycles. The number of anilines is 1. The van der Waals surface area contributed by atoms with E-state index in [1.54, 1.807) is 6.20 Å². The predicted molar refractivity (Wildman–Crippen MR) is 82.6 cm³/mol. The summed E-state index contributed by atoms with van der Waals surface area (Å²) in [6.07, 6.45) is 7.35. The van der Waals surface area contributed by atoms with Crippen molar-refractivity contribution < 1.29 is 4.74 Å². The molecule has 1 aromatic heterocycles. The van der Waals surface area contributed by atoms with Crippen LogP contribution < -0.4 is 11.1 Å². The molecule has 0 amide bonds. The Bertz CT molecular complexity index is 437. The Kier molecular flexibility index (Phi) is 5.00. The Morgan fingerprint density at radius 3 is 3.00 bits per heavy atom. The summed E-state index contributed by atoms with van der Waals surface area (Å²) in [5.74, 6) is 1.34. The molecule has 1 aliphatic rings. The number of pyridine rings is 1. The quantitative estimate of drug-likeness (QED) is 0.867. The van der Waals surface area contributed by atoms with Gasteiger partial charge in [0.15, 0.2) is 0 Å². The molecule has 3 atom stereocenters. The van der Waals surface area contributed by atoms with Crippen LogP contribution in [0, 0.1) is 5.92 Å². The van der Waals surface area contributed by atoms with E-state index < -0.39 is 0 Å². The molecular formula is C16H27N3O. The fourth-order valence-corrected chi connectivity index (χ4v) is 3.58. The fourth-order valence-electron chi connectivity index (χ4n) is 3.58. The summed E-state index contributed by atoms with van der Waals surface area (Å²) in [5.41, 5.74) is 7.00. The Balaban J connectivity index is 2.19. The van der Waals surface area contributed by atoms with Gasteiger partial charge in [0.2, 0.25) is 0 Å². The molecule has 1 saturated carbocycles. The maximum atomic E-state index is 5.99. The molecule has 0 spiro atoms. The van der Waals surface area contributed by atoms with Gasteiger partial charge in [-0.25, -0.2) is 4.98 Å². The zero-order valence-electron chi connectivity index (χ0n) is 12.9. The van der Waals surface area contributed by atoms with Gasteiger partial charge in [-0.3, -0.25) is 0 Å². The van der Waals surface area contributed by atoms with Crippen molar-refractivity contribution in [1.29, 1.82) is 0 Å². The first-order valence-corrected chi connectivity index (χ1v) is 7.53. The highest BCUT2D eigenvalue weighted by molar-refractivity contribution is 5.39. The van der Waals surface area contributed by atoms with Crippen LogP contribution >= 0.6 is 0 Å². The van der Waals surface area contributed by atoms with Gasteiger partial charge in [-0.2, -0.15) is 0 Å². The normalized spacial score (nSPS) is 28.2. The van der Waals surface area contributed by atoms with E-state index >= 15 is 0 Å². The van der Waals surface area contributed by atoms with Crippen molar-refractivity contribution in [3.8, 4) is 0 Å². The average molecular weight is 277 g/mol. The zero-order valence-corrected chi connectivity index (χ0v) is 12.9. The number of hydrogen-bond donors (Lipinski definition) is 2. The van der Waals surface area contributed by atoms with Crippen LogP contribution in [0.2, 0.25) is 0 Å². The van der Waals surface area contributed by atoms with Crippen molar-refractivity contribution in [2.75, 3.05) is 19.9 Å². The molecular weight excluding hydrogens is 250 g/mol. The second-order valence-electron chi connectivity index (χ2n) is 6.06. The van der Waals surface area contributed by atoms with E-state index in [0.717, 1.165) is 24.8 Å². The Hall–Kier alpha value is -1.13. The maximum absolute atomic E-state index is 5.99. The molecule has 112 valence electrons. The summed E-state index contributed by atoms with van der Waals surface area (Å²) < 4.78 is 5.99. The summed E-state index contributed by atoms with van der Waals surface area (Å²) in [5, 5.41) is 3.45. The van der Waals surface area contributed by atoms with Gasteiger partial charge >= 0.3 is 0 Å². The summed E-state index contributed by atoms with van der Waals surface area (Å²) in [4.78, 5) is 4.18. The average Bonchev–Trinajstić information content (AvgIpc) is 2.46. The van der Waals surface area contributed by atoms with Crippen molar-refractivity contribution in [3.63, 3.8) is 0 Å². The fraction of sp³-hybridized carbons (Fsp3) is 0.688. The molecule has 3 N–H and O–H groups in total. The number of rotatable bonds is 5. The van der Waals surface area contributed by atoms with Gasteiger partial charge in [-0.1, -0.05) is 25.8 Å². The third-order valence-electron chi connectivity index (χ3n) is 4.73. The van der Waals surface area contributed by atoms with Crippen LogP contribution in [0.3, 0.4) is 0 Å². The Morgan fingerprint density at radius 2 is 2.40 bits per heavy atom. The molecule has 0 bridgehead atoms. The van der Waals surface area contributed by atoms with E-state index in [-0.39, 0.29) is 11.6 Å². The number of hydrogen-bond acceptors (Lipinski definition) is 4. The summed E-state index contributed by atoms with van der Waals surface area (Å²) in [6, 6.07) is 4.27. The lowest BCUT2D eigenvalue weighted by Gasteiger charge is -2.44. The summed E-state index contributed by atoms with van der Waals surface area (Å²) in [6.45, 7) is 2.32. The Labute approximate surface area is 122 Å². The first-order valence-electron chi connectivity index (χ1n) is 7.53. The van der Waals surface area contributed by atoms with Gasteiger partial charge < -0.3 is 15.8 Å². The van der Waals surface area contributed by atoms with E-state index in [4.69, 9.17) is 10.5 Å². The first-order chi connectivity index (χ1) is 9.61. The molecule has 0 aliphatic heterocycles. The zero-order chi connectivity index (χ0) is 14.6. The summed E-state index contributed by atoms with van der Waals surface area (Å²) in [7, 11) is 3.85. The number of nitrogens with one attached hydrogen (secondary N) is 1. The van der Waals surface area contributed by atoms with Crippen LogP contribution in [0.25, 0.3) is 0 Å². The molecule has 0 saturated heterocycles. The van der Waals surface area contributed by atoms with E-state index in [0.29, 0.717) is 11.7 Å². The van der Waals surface area contributed by atoms with E-state index in [1.165, 1.54) is 12.8 Å². The van der Waals surface area contributed by atoms with Gasteiger partial charge in [0.1, 0.15) is 5.82 Å². The highest BCUT2D eigenvalue weighted by Crippen LogP contribution is 2.38. The number of ether oxygens (including phenoxy) is 1. The second kappa shape index (κ2) is 6.55. The summed E-state index contributed by atoms with van der Waals surface area (Å²) >= 11 is 0. The largest absolute Gasteiger partial charge is 0.383 e. The first kappa shape index (κ1) is 15.3. The third kappa shape index (κ3) is 3.13. The smallest absolute Gasteiger partial charge is 0.126 e. The predicted octanol–water partition coefficient (Wildman–Crippen LogP) is 2.39. The lowest BCUT2D eigenvalue weighted by atomic mass is 9.73. The number of aromatic nitrogens is 1. The molecule has 1 aromatic rings. The minimum atomic E-state index is -0.0886. The lowest BCUT2D eigenvalue weighted by molar-refractivity contribution is -0.0775. The number of nitrogens with zero attached hydrogens (tertiary/aromatic N) is 1. The van der Waals surface area contributed by atoms with Gasteiger partial charge in [-0.05, 0) is 43.9 Å². The molecule has 20 heavy (non-hydrogen) atoms. The van der Waals surface area contributed by atoms with Crippen LogP contribution in [-0.2, 0) is 11.2 Å². The standard InChI is InChI=1S/C16H27N3O/c1-12-6-4-8-16(11-12,20-3)14(18-2)10-13-7-5-9-19-15(13)17/h5,7,9,12,14,18H,4,6,8,10-11H2,1-3H3,(H2,17,19). The molecule has 0 aromatic carbocycles. The van der Waals surface area contributed by atoms with Crippen molar-refractivity contribution in [2.45, 2.75) is 50.7 Å². The molecule has 2 rings (SSSR count). The highest BCUT2D eigenvalue weighted by atomic mass is 16.5. The molecule has 0 radical (unpaired) electrons. The number of nitrogen functional groups attached to an aromatic ring is 1. The molecule has 1 fully saturated rings. The van der Waals surface area contributed by atoms with E-state index in [9.17, 15) is 0 Å². The van der Waals surface area contributed by atoms with Crippen LogP contribution in [-0.4, -0.2) is 30.8 Å². The Morgan fingerprint density at radius 1 is 1.60 bits per heavy atom. The van der Waals surface area contributed by atoms with Crippen molar-refractivity contribution in [2.24, 2.45) is 5.92 Å². The SMILES string of the molecule is CNC(Cc1cccnc1N)C1(OC)CCCC(C)C1. The second-order valence-corrected chi connectivity index (χ2v) is 6.06. The van der Waals surface area contributed by atoms with Crippen molar-refractivity contribution in [3.05, 3.63) is 23.9 Å². The lowest BCUT2D eigenvalue weighted by Crippen LogP contribution is -2.54. The van der Waals surface area contributed by atoms with E-state index in [1.807, 2.05) is 20.2 Å². The van der Waals surface area contributed by atoms with Crippen LogP contribution in [0.5, 0.6) is 0 Å². The third-order valence-corrected chi connectivity index (χ3v) is 4.73. The topological polar surface area (TPSA) is 60.2 Å². The molecule has 1 heterocycles. The molecule has 3 unspecified atom stereocenters.